The summed E-state index contributed by atoms with van der Waals surface area (Å²) in [5.74, 6) is 0. The lowest BCUT2D eigenvalue weighted by molar-refractivity contribution is 1.08. The highest BCUT2D eigenvalue weighted by molar-refractivity contribution is 5.55. The molecule has 1 aliphatic rings. The summed E-state index contributed by atoms with van der Waals surface area (Å²) in [6.45, 7) is 22.3. The van der Waals surface area contributed by atoms with Crippen LogP contribution in [-0.2, 0) is 6.42 Å². The van der Waals surface area contributed by atoms with Gasteiger partial charge in [-0.15, -0.1) is 0 Å². The fraction of sp³-hybridized carbons (Fsp3) is 0.370. The summed E-state index contributed by atoms with van der Waals surface area (Å²) in [4.78, 5) is 14.7. The van der Waals surface area contributed by atoms with Crippen molar-refractivity contribution in [1.82, 2.24) is 4.98 Å². The number of nitrogens with two attached hydrogens (primary N) is 1. The highest BCUT2D eigenvalue weighted by Crippen LogP contribution is 2.13. The van der Waals surface area contributed by atoms with Gasteiger partial charge in [0.2, 0.25) is 0 Å². The Morgan fingerprint density at radius 3 is 1.83 bits per heavy atom. The summed E-state index contributed by atoms with van der Waals surface area (Å²) in [6.07, 6.45) is 8.53. The number of hydrogen-bond donors (Lipinski definition) is 2. The van der Waals surface area contributed by atoms with Crippen molar-refractivity contribution in [2.24, 2.45) is 5.73 Å². The van der Waals surface area contributed by atoms with Crippen molar-refractivity contribution >= 4 is 18.4 Å². The maximum Gasteiger partial charge on any atom is 0.258 e. The minimum Gasteiger partial charge on any atom is -0.402 e. The normalized spacial score (nSPS) is 12.0. The van der Waals surface area contributed by atoms with Gasteiger partial charge in [-0.1, -0.05) is 64.6 Å². The van der Waals surface area contributed by atoms with Crippen LogP contribution < -0.4 is 21.7 Å². The maximum absolute atomic E-state index is 11.8. The Bertz CT molecular complexity index is 999. The van der Waals surface area contributed by atoms with Crippen LogP contribution in [-0.4, -0.2) is 4.98 Å². The molecule has 0 spiro atoms. The number of rotatable bonds is 0. The van der Waals surface area contributed by atoms with Gasteiger partial charge in [0.1, 0.15) is 0 Å². The van der Waals surface area contributed by atoms with Crippen LogP contribution in [0.1, 0.15) is 68.1 Å². The molecule has 0 amide bonds. The van der Waals surface area contributed by atoms with E-state index < -0.39 is 0 Å². The van der Waals surface area contributed by atoms with Gasteiger partial charge in [-0.3, -0.25) is 4.79 Å². The van der Waals surface area contributed by atoms with Gasteiger partial charge < -0.3 is 10.7 Å². The number of hydrogen-bond acceptors (Lipinski definition) is 2. The molecule has 1 aliphatic carbocycles. The molecule has 0 saturated heterocycles. The van der Waals surface area contributed by atoms with Crippen LogP contribution in [0, 0.1) is 27.7 Å². The molecule has 0 atom stereocenters. The van der Waals surface area contributed by atoms with Crippen LogP contribution in [0.4, 0.5) is 0 Å². The lowest BCUT2D eigenvalue weighted by Crippen LogP contribution is -2.45. The Morgan fingerprint density at radius 1 is 0.933 bits per heavy atom. The number of pyridine rings is 1. The van der Waals surface area contributed by atoms with Gasteiger partial charge in [0, 0.05) is 11.4 Å². The first-order valence-electron chi connectivity index (χ1n) is 10.8. The van der Waals surface area contributed by atoms with Gasteiger partial charge in [-0.05, 0) is 80.2 Å². The van der Waals surface area contributed by atoms with Crippen LogP contribution >= 0.6 is 0 Å². The van der Waals surface area contributed by atoms with Crippen LogP contribution in [0.3, 0.4) is 0 Å². The minimum absolute atomic E-state index is 0.171. The molecule has 0 fully saturated rings. The molecule has 3 N–H and O–H groups in total. The number of H-pyrrole nitrogens is 1. The van der Waals surface area contributed by atoms with Crippen LogP contribution in [0.5, 0.6) is 0 Å². The lowest BCUT2D eigenvalue weighted by Gasteiger charge is -2.04. The Balaban J connectivity index is 0.000000518. The van der Waals surface area contributed by atoms with Crippen LogP contribution in [0.15, 0.2) is 35.2 Å². The number of aryl methyl sites for hydroxylation is 4. The van der Waals surface area contributed by atoms with E-state index in [0.717, 1.165) is 22.9 Å². The molecule has 1 aromatic carbocycles. The first-order valence-corrected chi connectivity index (χ1v) is 10.8. The predicted molar refractivity (Wildman–Crippen MR) is 135 cm³/mol. The summed E-state index contributed by atoms with van der Waals surface area (Å²) in [6, 6.07) is 4.48. The maximum atomic E-state index is 11.8. The second-order valence-electron chi connectivity index (χ2n) is 6.90. The van der Waals surface area contributed by atoms with E-state index >= 15 is 0 Å². The quantitative estimate of drug-likeness (QED) is 0.646. The van der Waals surface area contributed by atoms with Gasteiger partial charge >= 0.3 is 0 Å². The Kier molecular flexibility index (Phi) is 12.2. The molecule has 2 aromatic rings. The van der Waals surface area contributed by atoms with Gasteiger partial charge in [-0.2, -0.15) is 0 Å². The number of fused-ring (bicyclic) bond motifs is 1. The van der Waals surface area contributed by atoms with E-state index in [1.54, 1.807) is 6.92 Å². The molecule has 0 saturated carbocycles. The Labute approximate surface area is 182 Å². The SMILES string of the molecule is C=c1c2c([nH]c(=O)/c1=C(/C)N)C=CC=CC2.CC.CC.Cc1cc(C)c(C)cc1C. The van der Waals surface area contributed by atoms with Crippen molar-refractivity contribution in [3.8, 4) is 0 Å². The van der Waals surface area contributed by atoms with E-state index in [-0.39, 0.29) is 5.56 Å². The second-order valence-corrected chi connectivity index (χ2v) is 6.90. The summed E-state index contributed by atoms with van der Waals surface area (Å²) >= 11 is 0. The molecular weight excluding hydrogens is 368 g/mol. The molecule has 0 unspecified atom stereocenters. The standard InChI is InChI=1S/C13H14N2O.C10H14.2C2H6/c1-8-10-6-4-3-5-7-11(10)15-13(16)12(8)9(2)14;1-7-5-9(3)10(4)6-8(7)2;2*1-2/h3-5,7H,1,6,14H2,2H3,(H,15,16);5-6H,1-4H3;2*1-2H3/b12-9-;;;. The molecule has 0 bridgehead atoms. The smallest absolute Gasteiger partial charge is 0.258 e. The summed E-state index contributed by atoms with van der Waals surface area (Å²) in [7, 11) is 0. The highest BCUT2D eigenvalue weighted by Gasteiger charge is 2.06. The molecule has 3 rings (SSSR count). The number of nitrogens with one attached hydrogen (secondary N) is 1. The zero-order valence-corrected chi connectivity index (χ0v) is 20.4. The molecule has 1 heterocycles. The van der Waals surface area contributed by atoms with Gasteiger partial charge in [-0.25, -0.2) is 0 Å². The van der Waals surface area contributed by atoms with E-state index in [1.807, 2.05) is 52.0 Å². The lowest BCUT2D eigenvalue weighted by atomic mass is 10.0. The first kappa shape index (κ1) is 27.2. The summed E-state index contributed by atoms with van der Waals surface area (Å²) in [5.41, 5.74) is 13.5. The van der Waals surface area contributed by atoms with E-state index in [1.165, 1.54) is 22.3 Å². The topological polar surface area (TPSA) is 58.9 Å². The van der Waals surface area contributed by atoms with Crippen molar-refractivity contribution in [3.05, 3.63) is 84.7 Å². The van der Waals surface area contributed by atoms with E-state index in [2.05, 4.69) is 51.4 Å². The Hall–Kier alpha value is -2.81. The monoisotopic (exact) mass is 408 g/mol. The van der Waals surface area contributed by atoms with Gasteiger partial charge in [0.25, 0.3) is 5.56 Å². The van der Waals surface area contributed by atoms with E-state index in [0.29, 0.717) is 10.9 Å². The fourth-order valence-corrected chi connectivity index (χ4v) is 3.02. The number of aromatic amines is 1. The van der Waals surface area contributed by atoms with Crippen LogP contribution in [0.2, 0.25) is 0 Å². The third kappa shape index (κ3) is 7.22. The molecule has 0 radical (unpaired) electrons. The molecule has 1 aromatic heterocycles. The zero-order chi connectivity index (χ0) is 23.4. The molecule has 0 aliphatic heterocycles. The molecule has 30 heavy (non-hydrogen) atoms. The molecular formula is C27H40N2O. The largest absolute Gasteiger partial charge is 0.402 e. The first-order chi connectivity index (χ1) is 14.2. The van der Waals surface area contributed by atoms with Crippen molar-refractivity contribution < 1.29 is 0 Å². The summed E-state index contributed by atoms with van der Waals surface area (Å²) in [5, 5.41) is 1.23. The average molecular weight is 409 g/mol. The number of aromatic nitrogens is 1. The molecule has 164 valence electrons. The van der Waals surface area contributed by atoms with Crippen molar-refractivity contribution in [2.75, 3.05) is 0 Å². The van der Waals surface area contributed by atoms with Gasteiger partial charge in [0.15, 0.2) is 0 Å². The number of allylic oxidation sites excluding steroid dienone is 3. The minimum atomic E-state index is -0.171. The zero-order valence-electron chi connectivity index (χ0n) is 20.4. The third-order valence-corrected chi connectivity index (χ3v) is 4.80. The van der Waals surface area contributed by atoms with Crippen molar-refractivity contribution in [3.63, 3.8) is 0 Å². The van der Waals surface area contributed by atoms with Crippen molar-refractivity contribution in [2.45, 2.75) is 68.7 Å². The van der Waals surface area contributed by atoms with E-state index in [4.69, 9.17) is 5.73 Å². The predicted octanol–water partition coefficient (Wildman–Crippen LogP) is 4.97. The Morgan fingerprint density at radius 2 is 1.40 bits per heavy atom. The van der Waals surface area contributed by atoms with Crippen molar-refractivity contribution in [1.29, 1.82) is 0 Å². The molecule has 3 nitrogen and oxygen atoms in total. The van der Waals surface area contributed by atoms with Gasteiger partial charge in [0.05, 0.1) is 5.22 Å². The highest BCUT2D eigenvalue weighted by atomic mass is 16.1. The van der Waals surface area contributed by atoms with E-state index in [9.17, 15) is 4.79 Å². The van der Waals surface area contributed by atoms with Crippen LogP contribution in [0.25, 0.3) is 18.4 Å². The summed E-state index contributed by atoms with van der Waals surface area (Å²) < 4.78 is 0. The molecule has 3 heteroatoms. The number of benzene rings is 1. The average Bonchev–Trinajstić information content (AvgIpc) is 2.95. The third-order valence-electron chi connectivity index (χ3n) is 4.80. The second kappa shape index (κ2) is 13.4. The fourth-order valence-electron chi connectivity index (χ4n) is 3.02.